The molecule has 1 amide bonds. The molecule has 2 aliphatic carbocycles. The van der Waals surface area contributed by atoms with Gasteiger partial charge in [0.1, 0.15) is 0 Å². The van der Waals surface area contributed by atoms with Crippen LogP contribution in [0.1, 0.15) is 37.7 Å². The lowest BCUT2D eigenvalue weighted by Gasteiger charge is -2.37. The zero-order valence-electron chi connectivity index (χ0n) is 14.6. The molecule has 4 atom stereocenters. The molecule has 3 aliphatic rings. The second-order valence-electron chi connectivity index (χ2n) is 8.18. The van der Waals surface area contributed by atoms with Crippen molar-refractivity contribution in [3.63, 3.8) is 0 Å². The van der Waals surface area contributed by atoms with E-state index in [1.54, 1.807) is 0 Å². The Hall–Kier alpha value is -1.84. The quantitative estimate of drug-likeness (QED) is 0.915. The van der Waals surface area contributed by atoms with Crippen molar-refractivity contribution in [1.29, 1.82) is 0 Å². The van der Waals surface area contributed by atoms with Gasteiger partial charge < -0.3 is 10.0 Å². The molecule has 4 heteroatoms. The average Bonchev–Trinajstić information content (AvgIpc) is 3.24. The third-order valence-corrected chi connectivity index (χ3v) is 6.78. The zero-order chi connectivity index (χ0) is 17.4. The highest BCUT2D eigenvalue weighted by Crippen LogP contribution is 2.53. The molecule has 1 aliphatic heterocycles. The van der Waals surface area contributed by atoms with Crippen molar-refractivity contribution in [3.8, 4) is 0 Å². The van der Waals surface area contributed by atoms with E-state index in [2.05, 4.69) is 24.3 Å². The molecule has 134 valence electrons. The number of aliphatic carboxylic acids is 1. The van der Waals surface area contributed by atoms with E-state index in [9.17, 15) is 14.7 Å². The number of fused-ring (bicyclic) bond motifs is 2. The van der Waals surface area contributed by atoms with E-state index in [0.717, 1.165) is 51.6 Å². The molecule has 1 N–H and O–H groups in total. The Balaban J connectivity index is 1.36. The molecule has 1 saturated heterocycles. The molecule has 2 bridgehead atoms. The molecule has 1 aromatic carbocycles. The van der Waals surface area contributed by atoms with E-state index < -0.39 is 11.9 Å². The number of carbonyl (C=O) groups excluding carboxylic acids is 1. The Bertz CT molecular complexity index is 636. The van der Waals surface area contributed by atoms with Crippen LogP contribution in [-0.2, 0) is 16.0 Å². The first-order valence-electron chi connectivity index (χ1n) is 9.69. The Kier molecular flexibility index (Phi) is 4.53. The molecule has 1 heterocycles. The van der Waals surface area contributed by atoms with Gasteiger partial charge >= 0.3 is 5.97 Å². The van der Waals surface area contributed by atoms with Gasteiger partial charge in [-0.2, -0.15) is 0 Å². The molecule has 0 aromatic heterocycles. The molecule has 1 aromatic rings. The van der Waals surface area contributed by atoms with E-state index in [0.29, 0.717) is 11.8 Å². The van der Waals surface area contributed by atoms with E-state index in [1.165, 1.54) is 5.56 Å². The second-order valence-corrected chi connectivity index (χ2v) is 8.18. The fourth-order valence-corrected chi connectivity index (χ4v) is 5.52. The Morgan fingerprint density at radius 2 is 1.60 bits per heavy atom. The monoisotopic (exact) mass is 341 g/mol. The van der Waals surface area contributed by atoms with Gasteiger partial charge in [-0.3, -0.25) is 9.59 Å². The minimum Gasteiger partial charge on any atom is -0.481 e. The van der Waals surface area contributed by atoms with Gasteiger partial charge in [-0.05, 0) is 61.8 Å². The largest absolute Gasteiger partial charge is 0.481 e. The van der Waals surface area contributed by atoms with Crippen LogP contribution >= 0.6 is 0 Å². The van der Waals surface area contributed by atoms with Crippen LogP contribution < -0.4 is 0 Å². The Labute approximate surface area is 149 Å². The first-order chi connectivity index (χ1) is 12.1. The molecule has 4 rings (SSSR count). The number of benzene rings is 1. The molecule has 25 heavy (non-hydrogen) atoms. The van der Waals surface area contributed by atoms with Crippen molar-refractivity contribution in [2.24, 2.45) is 29.6 Å². The number of carboxylic acids is 1. The molecule has 0 radical (unpaired) electrons. The molecule has 4 nitrogen and oxygen atoms in total. The van der Waals surface area contributed by atoms with E-state index in [1.807, 2.05) is 11.0 Å². The van der Waals surface area contributed by atoms with Crippen LogP contribution in [0, 0.1) is 29.6 Å². The van der Waals surface area contributed by atoms with Crippen LogP contribution in [0.4, 0.5) is 0 Å². The summed E-state index contributed by atoms with van der Waals surface area (Å²) in [5, 5.41) is 9.59. The van der Waals surface area contributed by atoms with Crippen molar-refractivity contribution >= 4 is 11.9 Å². The zero-order valence-corrected chi connectivity index (χ0v) is 14.6. The normalized spacial score (nSPS) is 32.1. The topological polar surface area (TPSA) is 57.6 Å². The lowest BCUT2D eigenvalue weighted by atomic mass is 9.78. The molecular formula is C21H27NO3. The fourth-order valence-electron chi connectivity index (χ4n) is 5.52. The summed E-state index contributed by atoms with van der Waals surface area (Å²) in [5.41, 5.74) is 1.37. The van der Waals surface area contributed by atoms with Gasteiger partial charge in [0.15, 0.2) is 0 Å². The first kappa shape index (κ1) is 16.6. The number of piperidine rings is 1. The van der Waals surface area contributed by atoms with Gasteiger partial charge in [0, 0.05) is 13.1 Å². The maximum atomic E-state index is 13.0. The summed E-state index contributed by atoms with van der Waals surface area (Å²) < 4.78 is 0. The van der Waals surface area contributed by atoms with Gasteiger partial charge in [0.2, 0.25) is 5.91 Å². The lowest BCUT2D eigenvalue weighted by molar-refractivity contribution is -0.153. The average molecular weight is 341 g/mol. The van der Waals surface area contributed by atoms with E-state index in [4.69, 9.17) is 0 Å². The van der Waals surface area contributed by atoms with Gasteiger partial charge in [0.25, 0.3) is 0 Å². The van der Waals surface area contributed by atoms with Gasteiger partial charge in [-0.15, -0.1) is 0 Å². The van der Waals surface area contributed by atoms with Gasteiger partial charge in [0.05, 0.1) is 11.8 Å². The first-order valence-corrected chi connectivity index (χ1v) is 9.69. The van der Waals surface area contributed by atoms with E-state index >= 15 is 0 Å². The SMILES string of the molecule is O=C(O)[C@@H]1[C@H]2CC[C@@H](C2)[C@H]1C(=O)N1CCC(Cc2ccccc2)CC1. The highest BCUT2D eigenvalue weighted by atomic mass is 16.4. The van der Waals surface area contributed by atoms with Crippen LogP contribution in [-0.4, -0.2) is 35.0 Å². The number of likely N-dealkylation sites (tertiary alicyclic amines) is 1. The maximum Gasteiger partial charge on any atom is 0.307 e. The summed E-state index contributed by atoms with van der Waals surface area (Å²) in [5.74, 6) is -0.174. The lowest BCUT2D eigenvalue weighted by Crippen LogP contribution is -2.46. The van der Waals surface area contributed by atoms with Crippen LogP contribution in [0.25, 0.3) is 0 Å². The number of carboxylic acid groups (broad SMARTS) is 1. The summed E-state index contributed by atoms with van der Waals surface area (Å²) in [6, 6.07) is 10.5. The Morgan fingerprint density at radius 1 is 0.960 bits per heavy atom. The molecule has 0 spiro atoms. The number of hydrogen-bond acceptors (Lipinski definition) is 2. The fraction of sp³-hybridized carbons (Fsp3) is 0.619. The smallest absolute Gasteiger partial charge is 0.307 e. The van der Waals surface area contributed by atoms with Crippen molar-refractivity contribution < 1.29 is 14.7 Å². The maximum absolute atomic E-state index is 13.0. The van der Waals surface area contributed by atoms with Crippen molar-refractivity contribution in [1.82, 2.24) is 4.90 Å². The molecule has 3 fully saturated rings. The third kappa shape index (κ3) is 3.19. The van der Waals surface area contributed by atoms with E-state index in [-0.39, 0.29) is 17.7 Å². The highest BCUT2D eigenvalue weighted by molar-refractivity contribution is 5.86. The standard InChI is InChI=1S/C21H27NO3/c23-20(18-16-6-7-17(13-16)19(18)21(24)25)22-10-8-15(9-11-22)12-14-4-2-1-3-5-14/h1-5,15-19H,6-13H2,(H,24,25)/t16-,17-,18+,19+/m0/s1. The molecule has 0 unspecified atom stereocenters. The van der Waals surface area contributed by atoms with Crippen molar-refractivity contribution in [2.45, 2.75) is 38.5 Å². The predicted octanol–water partition coefficient (Wildman–Crippen LogP) is 3.21. The van der Waals surface area contributed by atoms with Crippen LogP contribution in [0.15, 0.2) is 30.3 Å². The Morgan fingerprint density at radius 3 is 2.24 bits per heavy atom. The third-order valence-electron chi connectivity index (χ3n) is 6.78. The van der Waals surface area contributed by atoms with Crippen LogP contribution in [0.2, 0.25) is 0 Å². The van der Waals surface area contributed by atoms with Crippen molar-refractivity contribution in [2.75, 3.05) is 13.1 Å². The summed E-state index contributed by atoms with van der Waals surface area (Å²) in [6.45, 7) is 1.58. The minimum absolute atomic E-state index is 0.123. The van der Waals surface area contributed by atoms with Gasteiger partial charge in [-0.1, -0.05) is 30.3 Å². The molecular weight excluding hydrogens is 314 g/mol. The minimum atomic E-state index is -0.760. The molecule has 2 saturated carbocycles. The highest BCUT2D eigenvalue weighted by Gasteiger charge is 2.54. The summed E-state index contributed by atoms with van der Waals surface area (Å²) in [4.78, 5) is 26.7. The van der Waals surface area contributed by atoms with Gasteiger partial charge in [-0.25, -0.2) is 0 Å². The summed E-state index contributed by atoms with van der Waals surface area (Å²) >= 11 is 0. The number of carbonyl (C=O) groups is 2. The van der Waals surface area contributed by atoms with Crippen LogP contribution in [0.3, 0.4) is 0 Å². The summed E-state index contributed by atoms with van der Waals surface area (Å²) in [7, 11) is 0. The van der Waals surface area contributed by atoms with Crippen LogP contribution in [0.5, 0.6) is 0 Å². The second kappa shape index (κ2) is 6.81. The summed E-state index contributed by atoms with van der Waals surface area (Å²) in [6.07, 6.45) is 6.10. The number of amides is 1. The number of nitrogens with zero attached hydrogens (tertiary/aromatic N) is 1. The number of hydrogen-bond donors (Lipinski definition) is 1. The predicted molar refractivity (Wildman–Crippen MR) is 94.9 cm³/mol. The van der Waals surface area contributed by atoms with Crippen molar-refractivity contribution in [3.05, 3.63) is 35.9 Å². The number of rotatable bonds is 4.